The predicted octanol–water partition coefficient (Wildman–Crippen LogP) is 1.33. The number of carbonyl (C=O) groups is 1. The fraction of sp³-hybridized carbons (Fsp3) is 0.615. The highest BCUT2D eigenvalue weighted by Gasteiger charge is 2.25. The summed E-state index contributed by atoms with van der Waals surface area (Å²) >= 11 is 0. The smallest absolute Gasteiger partial charge is 0.373 e. The van der Waals surface area contributed by atoms with Crippen LogP contribution in [0.15, 0.2) is 15.4 Å². The van der Waals surface area contributed by atoms with Gasteiger partial charge in [-0.3, -0.25) is 0 Å². The summed E-state index contributed by atoms with van der Waals surface area (Å²) < 4.78 is 36.7. The van der Waals surface area contributed by atoms with Crippen LogP contribution in [0.4, 0.5) is 0 Å². The zero-order chi connectivity index (χ0) is 15.9. The summed E-state index contributed by atoms with van der Waals surface area (Å²) in [7, 11) is -2.49. The highest BCUT2D eigenvalue weighted by atomic mass is 35.5. The van der Waals surface area contributed by atoms with Gasteiger partial charge < -0.3 is 14.5 Å². The molecule has 0 saturated carbocycles. The molecule has 0 saturated heterocycles. The van der Waals surface area contributed by atoms with Gasteiger partial charge in [0.25, 0.3) is 0 Å². The zero-order valence-corrected chi connectivity index (χ0v) is 14.6. The van der Waals surface area contributed by atoms with E-state index in [0.29, 0.717) is 13.0 Å². The summed E-state index contributed by atoms with van der Waals surface area (Å²) in [5.41, 5.74) is 0. The second-order valence-corrected chi connectivity index (χ2v) is 6.13. The van der Waals surface area contributed by atoms with Crippen molar-refractivity contribution in [3.05, 3.63) is 17.6 Å². The number of hydrogen-bond acceptors (Lipinski definition) is 6. The number of halogens is 1. The highest BCUT2D eigenvalue weighted by Crippen LogP contribution is 2.21. The van der Waals surface area contributed by atoms with Crippen LogP contribution < -0.4 is 10.0 Å². The largest absolute Gasteiger partial charge is 0.463 e. The SMILES string of the molecule is CCCNCCNS(=O)(=O)c1cc(C(=O)OC)oc1CC.Cl. The predicted molar refractivity (Wildman–Crippen MR) is 85.0 cm³/mol. The molecule has 128 valence electrons. The Bertz CT molecular complexity index is 571. The average Bonchev–Trinajstić information content (AvgIpc) is 2.91. The first-order valence-corrected chi connectivity index (χ1v) is 8.36. The first-order chi connectivity index (χ1) is 9.96. The first kappa shape index (κ1) is 20.9. The normalized spacial score (nSPS) is 11.0. The number of rotatable bonds is 9. The van der Waals surface area contributed by atoms with E-state index in [1.54, 1.807) is 6.92 Å². The van der Waals surface area contributed by atoms with Crippen molar-refractivity contribution >= 4 is 28.4 Å². The first-order valence-electron chi connectivity index (χ1n) is 6.87. The summed E-state index contributed by atoms with van der Waals surface area (Å²) in [6.45, 7) is 5.42. The van der Waals surface area contributed by atoms with Crippen LogP contribution in [0, 0.1) is 0 Å². The second kappa shape index (κ2) is 9.83. The molecule has 0 atom stereocenters. The lowest BCUT2D eigenvalue weighted by atomic mass is 10.3. The standard InChI is InChI=1S/C13H22N2O5S.ClH/c1-4-6-14-7-8-15-21(17,18)12-9-11(13(16)19-3)20-10(12)5-2;/h9,14-15H,4-8H2,1-3H3;1H. The van der Waals surface area contributed by atoms with E-state index in [9.17, 15) is 13.2 Å². The number of esters is 1. The lowest BCUT2D eigenvalue weighted by Crippen LogP contribution is -2.32. The van der Waals surface area contributed by atoms with Gasteiger partial charge in [-0.1, -0.05) is 13.8 Å². The Morgan fingerprint density at radius 2 is 1.95 bits per heavy atom. The topological polar surface area (TPSA) is 97.6 Å². The molecule has 7 nitrogen and oxygen atoms in total. The van der Waals surface area contributed by atoms with Gasteiger partial charge in [-0.05, 0) is 13.0 Å². The van der Waals surface area contributed by atoms with E-state index in [1.807, 2.05) is 6.92 Å². The quantitative estimate of drug-likeness (QED) is 0.513. The third-order valence-corrected chi connectivity index (χ3v) is 4.30. The Kier molecular flexibility index (Phi) is 9.34. The number of ether oxygens (including phenoxy) is 1. The molecular formula is C13H23ClN2O5S. The van der Waals surface area contributed by atoms with Gasteiger partial charge in [-0.25, -0.2) is 17.9 Å². The molecule has 0 aromatic carbocycles. The van der Waals surface area contributed by atoms with Crippen molar-refractivity contribution < 1.29 is 22.4 Å². The fourth-order valence-corrected chi connectivity index (χ4v) is 3.01. The fourth-order valence-electron chi connectivity index (χ4n) is 1.74. The third kappa shape index (κ3) is 5.60. The molecule has 0 amide bonds. The van der Waals surface area contributed by atoms with Crippen molar-refractivity contribution in [2.75, 3.05) is 26.7 Å². The molecule has 0 bridgehead atoms. The van der Waals surface area contributed by atoms with Gasteiger partial charge in [0.15, 0.2) is 0 Å². The van der Waals surface area contributed by atoms with Crippen LogP contribution in [0.5, 0.6) is 0 Å². The maximum absolute atomic E-state index is 12.2. The number of nitrogens with one attached hydrogen (secondary N) is 2. The Labute approximate surface area is 137 Å². The molecule has 0 aliphatic heterocycles. The van der Waals surface area contributed by atoms with E-state index in [2.05, 4.69) is 14.8 Å². The van der Waals surface area contributed by atoms with Crippen LogP contribution in [-0.2, 0) is 21.2 Å². The van der Waals surface area contributed by atoms with E-state index in [-0.39, 0.29) is 35.4 Å². The van der Waals surface area contributed by atoms with E-state index in [1.165, 1.54) is 13.2 Å². The number of hydrogen-bond donors (Lipinski definition) is 2. The van der Waals surface area contributed by atoms with Gasteiger partial charge in [0.1, 0.15) is 10.7 Å². The molecule has 22 heavy (non-hydrogen) atoms. The van der Waals surface area contributed by atoms with Crippen LogP contribution in [0.2, 0.25) is 0 Å². The van der Waals surface area contributed by atoms with Crippen LogP contribution in [0.3, 0.4) is 0 Å². The van der Waals surface area contributed by atoms with E-state index >= 15 is 0 Å². The maximum atomic E-state index is 12.2. The molecule has 0 aliphatic rings. The summed E-state index contributed by atoms with van der Waals surface area (Å²) in [4.78, 5) is 11.4. The number of sulfonamides is 1. The molecule has 1 heterocycles. The summed E-state index contributed by atoms with van der Waals surface area (Å²) in [6, 6.07) is 1.20. The van der Waals surface area contributed by atoms with Crippen molar-refractivity contribution in [1.29, 1.82) is 0 Å². The minimum Gasteiger partial charge on any atom is -0.463 e. The lowest BCUT2D eigenvalue weighted by molar-refractivity contribution is 0.0563. The molecule has 0 radical (unpaired) electrons. The Balaban J connectivity index is 0.00000441. The molecule has 2 N–H and O–H groups in total. The van der Waals surface area contributed by atoms with Crippen LogP contribution >= 0.6 is 12.4 Å². The van der Waals surface area contributed by atoms with Gasteiger partial charge in [-0.15, -0.1) is 12.4 Å². The molecule has 0 aliphatic carbocycles. The van der Waals surface area contributed by atoms with E-state index in [0.717, 1.165) is 13.0 Å². The van der Waals surface area contributed by atoms with Gasteiger partial charge in [0.2, 0.25) is 15.8 Å². The molecular weight excluding hydrogens is 332 g/mol. The number of methoxy groups -OCH3 is 1. The molecule has 1 aromatic rings. The van der Waals surface area contributed by atoms with Crippen LogP contribution in [-0.4, -0.2) is 41.1 Å². The van der Waals surface area contributed by atoms with Gasteiger partial charge in [-0.2, -0.15) is 0 Å². The molecule has 9 heteroatoms. The van der Waals surface area contributed by atoms with Crippen molar-refractivity contribution in [1.82, 2.24) is 10.0 Å². The van der Waals surface area contributed by atoms with Gasteiger partial charge in [0, 0.05) is 25.6 Å². The van der Waals surface area contributed by atoms with Crippen molar-refractivity contribution in [2.45, 2.75) is 31.6 Å². The van der Waals surface area contributed by atoms with Crippen molar-refractivity contribution in [2.24, 2.45) is 0 Å². The van der Waals surface area contributed by atoms with Crippen molar-refractivity contribution in [3.8, 4) is 0 Å². The lowest BCUT2D eigenvalue weighted by Gasteiger charge is -2.06. The molecule has 0 unspecified atom stereocenters. The molecule has 0 fully saturated rings. The zero-order valence-electron chi connectivity index (χ0n) is 13.0. The summed E-state index contributed by atoms with van der Waals surface area (Å²) in [5, 5.41) is 3.10. The summed E-state index contributed by atoms with van der Waals surface area (Å²) in [6.07, 6.45) is 1.35. The Morgan fingerprint density at radius 1 is 1.27 bits per heavy atom. The monoisotopic (exact) mass is 354 g/mol. The van der Waals surface area contributed by atoms with Gasteiger partial charge in [0.05, 0.1) is 7.11 Å². The Hall–Kier alpha value is -1.09. The second-order valence-electron chi connectivity index (χ2n) is 4.39. The average molecular weight is 355 g/mol. The number of aryl methyl sites for hydroxylation is 1. The minimum atomic E-state index is -3.70. The molecule has 0 spiro atoms. The number of furan rings is 1. The Morgan fingerprint density at radius 3 is 2.50 bits per heavy atom. The van der Waals surface area contributed by atoms with E-state index < -0.39 is 16.0 Å². The maximum Gasteiger partial charge on any atom is 0.373 e. The van der Waals surface area contributed by atoms with E-state index in [4.69, 9.17) is 4.42 Å². The highest BCUT2D eigenvalue weighted by molar-refractivity contribution is 7.89. The minimum absolute atomic E-state index is 0. The van der Waals surface area contributed by atoms with Crippen LogP contribution in [0.1, 0.15) is 36.6 Å². The molecule has 1 aromatic heterocycles. The van der Waals surface area contributed by atoms with Gasteiger partial charge >= 0.3 is 5.97 Å². The third-order valence-electron chi connectivity index (χ3n) is 2.79. The summed E-state index contributed by atoms with van der Waals surface area (Å²) in [5.74, 6) is -0.570. The van der Waals surface area contributed by atoms with Crippen molar-refractivity contribution in [3.63, 3.8) is 0 Å². The molecule has 1 rings (SSSR count). The van der Waals surface area contributed by atoms with Crippen LogP contribution in [0.25, 0.3) is 0 Å². The number of carbonyl (C=O) groups excluding carboxylic acids is 1.